The van der Waals surface area contributed by atoms with Gasteiger partial charge in [0.1, 0.15) is 0 Å². The highest BCUT2D eigenvalue weighted by Gasteiger charge is 2.30. The summed E-state index contributed by atoms with van der Waals surface area (Å²) in [5, 5.41) is 0. The molecule has 1 aliphatic heterocycles. The number of piperazine rings is 1. The van der Waals surface area contributed by atoms with E-state index in [1.54, 1.807) is 0 Å². The second kappa shape index (κ2) is 7.25. The molecule has 1 aromatic carbocycles. The molecule has 2 aliphatic rings. The summed E-state index contributed by atoms with van der Waals surface area (Å²) in [6.07, 6.45) is 4.38. The van der Waals surface area contributed by atoms with Gasteiger partial charge in [0.05, 0.1) is 22.4 Å². The van der Waals surface area contributed by atoms with E-state index in [2.05, 4.69) is 9.97 Å². The first-order chi connectivity index (χ1) is 13.0. The zero-order valence-corrected chi connectivity index (χ0v) is 16.1. The molecule has 0 radical (unpaired) electrons. The van der Waals surface area contributed by atoms with E-state index < -0.39 is 0 Å². The van der Waals surface area contributed by atoms with Crippen molar-refractivity contribution in [2.24, 2.45) is 5.92 Å². The van der Waals surface area contributed by atoms with Gasteiger partial charge < -0.3 is 9.80 Å². The van der Waals surface area contributed by atoms with Crippen molar-refractivity contribution in [3.8, 4) is 0 Å². The molecule has 4 rings (SSSR count). The Morgan fingerprint density at radius 2 is 1.48 bits per heavy atom. The van der Waals surface area contributed by atoms with Gasteiger partial charge in [-0.1, -0.05) is 12.8 Å². The molecule has 1 saturated heterocycles. The van der Waals surface area contributed by atoms with Crippen molar-refractivity contribution in [1.82, 2.24) is 19.8 Å². The average molecular weight is 366 g/mol. The average Bonchev–Trinajstić information content (AvgIpc) is 3.22. The van der Waals surface area contributed by atoms with Crippen LogP contribution in [0.5, 0.6) is 0 Å². The van der Waals surface area contributed by atoms with Gasteiger partial charge in [0.25, 0.3) is 5.91 Å². The fraction of sp³-hybridized carbons (Fsp3) is 0.524. The van der Waals surface area contributed by atoms with Crippen LogP contribution in [-0.4, -0.2) is 57.8 Å². The molecular formula is C21H26N4O2. The maximum atomic E-state index is 12.9. The lowest BCUT2D eigenvalue weighted by atomic mass is 10.1. The molecule has 6 nitrogen and oxygen atoms in total. The number of aromatic nitrogens is 2. The first-order valence-electron chi connectivity index (χ1n) is 9.86. The number of aryl methyl sites for hydroxylation is 2. The predicted molar refractivity (Wildman–Crippen MR) is 103 cm³/mol. The van der Waals surface area contributed by atoms with Gasteiger partial charge in [-0.3, -0.25) is 9.59 Å². The van der Waals surface area contributed by atoms with Crippen molar-refractivity contribution in [3.63, 3.8) is 0 Å². The van der Waals surface area contributed by atoms with Crippen LogP contribution in [0.1, 0.15) is 47.4 Å². The van der Waals surface area contributed by atoms with Gasteiger partial charge in [-0.2, -0.15) is 0 Å². The molecule has 2 aromatic rings. The maximum Gasteiger partial charge on any atom is 0.254 e. The number of fused-ring (bicyclic) bond motifs is 1. The van der Waals surface area contributed by atoms with Crippen LogP contribution in [0.25, 0.3) is 11.0 Å². The topological polar surface area (TPSA) is 66.4 Å². The van der Waals surface area contributed by atoms with E-state index in [1.165, 1.54) is 12.8 Å². The molecule has 0 bridgehead atoms. The van der Waals surface area contributed by atoms with E-state index in [1.807, 2.05) is 41.8 Å². The van der Waals surface area contributed by atoms with Crippen LogP contribution in [0.3, 0.4) is 0 Å². The lowest BCUT2D eigenvalue weighted by Gasteiger charge is -2.36. The summed E-state index contributed by atoms with van der Waals surface area (Å²) in [5.74, 6) is 0.495. The summed E-state index contributed by atoms with van der Waals surface area (Å²) in [5.41, 5.74) is 3.98. The quantitative estimate of drug-likeness (QED) is 0.820. The number of carbonyl (C=O) groups excluding carboxylic acids is 2. The van der Waals surface area contributed by atoms with Crippen LogP contribution in [-0.2, 0) is 4.79 Å². The van der Waals surface area contributed by atoms with Gasteiger partial charge in [0, 0.05) is 37.7 Å². The highest BCUT2D eigenvalue weighted by molar-refractivity contribution is 5.97. The van der Waals surface area contributed by atoms with Crippen LogP contribution in [0.2, 0.25) is 0 Å². The summed E-state index contributed by atoms with van der Waals surface area (Å²) in [6, 6.07) is 5.51. The number of rotatable bonds is 2. The van der Waals surface area contributed by atoms with Crippen molar-refractivity contribution in [3.05, 3.63) is 35.2 Å². The Balaban J connectivity index is 1.44. The van der Waals surface area contributed by atoms with Crippen molar-refractivity contribution >= 4 is 22.8 Å². The summed E-state index contributed by atoms with van der Waals surface area (Å²) < 4.78 is 0. The van der Waals surface area contributed by atoms with Gasteiger partial charge in [0.15, 0.2) is 0 Å². The third-order valence-corrected chi connectivity index (χ3v) is 5.91. The van der Waals surface area contributed by atoms with Crippen LogP contribution in [0.15, 0.2) is 18.2 Å². The summed E-state index contributed by atoms with van der Waals surface area (Å²) in [4.78, 5) is 38.3. The van der Waals surface area contributed by atoms with Crippen molar-refractivity contribution in [2.75, 3.05) is 26.2 Å². The third kappa shape index (κ3) is 3.53. The monoisotopic (exact) mass is 366 g/mol. The Kier molecular flexibility index (Phi) is 4.81. The van der Waals surface area contributed by atoms with Crippen molar-refractivity contribution < 1.29 is 9.59 Å². The largest absolute Gasteiger partial charge is 0.339 e. The molecular weight excluding hydrogens is 340 g/mol. The SMILES string of the molecule is Cc1nc2ccc(C(=O)N3CCN(C(=O)C4CCCC4)CC3)cc2nc1C. The molecule has 2 fully saturated rings. The van der Waals surface area contributed by atoms with E-state index in [9.17, 15) is 9.59 Å². The zero-order chi connectivity index (χ0) is 19.0. The molecule has 0 unspecified atom stereocenters. The van der Waals surface area contributed by atoms with Gasteiger partial charge >= 0.3 is 0 Å². The Bertz CT molecular complexity index is 881. The normalized spacial score (nSPS) is 18.3. The van der Waals surface area contributed by atoms with E-state index in [-0.39, 0.29) is 17.7 Å². The van der Waals surface area contributed by atoms with Crippen LogP contribution in [0, 0.1) is 19.8 Å². The molecule has 0 N–H and O–H groups in total. The number of nitrogens with zero attached hydrogens (tertiary/aromatic N) is 4. The minimum atomic E-state index is 0.00453. The van der Waals surface area contributed by atoms with Crippen LogP contribution in [0.4, 0.5) is 0 Å². The molecule has 1 aliphatic carbocycles. The molecule has 0 spiro atoms. The summed E-state index contributed by atoms with van der Waals surface area (Å²) in [7, 11) is 0. The summed E-state index contributed by atoms with van der Waals surface area (Å²) in [6.45, 7) is 6.31. The van der Waals surface area contributed by atoms with Gasteiger partial charge in [-0.05, 0) is 44.9 Å². The van der Waals surface area contributed by atoms with Gasteiger partial charge in [0.2, 0.25) is 5.91 Å². The molecule has 6 heteroatoms. The highest BCUT2D eigenvalue weighted by atomic mass is 16.2. The van der Waals surface area contributed by atoms with Crippen molar-refractivity contribution in [2.45, 2.75) is 39.5 Å². The standard InChI is InChI=1S/C21H26N4O2/c1-14-15(2)23-19-13-17(7-8-18(19)22-14)21(27)25-11-9-24(10-12-25)20(26)16-5-3-4-6-16/h7-8,13,16H,3-6,9-12H2,1-2H3. The minimum absolute atomic E-state index is 0.00453. The van der Waals surface area contributed by atoms with Crippen LogP contribution < -0.4 is 0 Å². The Morgan fingerprint density at radius 1 is 0.889 bits per heavy atom. The Labute approximate surface area is 159 Å². The summed E-state index contributed by atoms with van der Waals surface area (Å²) >= 11 is 0. The lowest BCUT2D eigenvalue weighted by Crippen LogP contribution is -2.51. The number of amides is 2. The molecule has 1 saturated carbocycles. The van der Waals surface area contributed by atoms with E-state index in [0.717, 1.165) is 35.3 Å². The Hall–Kier alpha value is -2.50. The molecule has 2 amide bonds. The minimum Gasteiger partial charge on any atom is -0.339 e. The zero-order valence-electron chi connectivity index (χ0n) is 16.1. The number of benzene rings is 1. The number of hydrogen-bond donors (Lipinski definition) is 0. The van der Waals surface area contributed by atoms with Crippen molar-refractivity contribution in [1.29, 1.82) is 0 Å². The number of hydrogen-bond acceptors (Lipinski definition) is 4. The first-order valence-corrected chi connectivity index (χ1v) is 9.86. The second-order valence-electron chi connectivity index (χ2n) is 7.70. The smallest absolute Gasteiger partial charge is 0.254 e. The first kappa shape index (κ1) is 17.9. The highest BCUT2D eigenvalue weighted by Crippen LogP contribution is 2.27. The van der Waals surface area contributed by atoms with Gasteiger partial charge in [-0.25, -0.2) is 9.97 Å². The van der Waals surface area contributed by atoms with E-state index >= 15 is 0 Å². The molecule has 142 valence electrons. The van der Waals surface area contributed by atoms with E-state index in [4.69, 9.17) is 0 Å². The fourth-order valence-electron chi connectivity index (χ4n) is 4.11. The molecule has 1 aromatic heterocycles. The fourth-order valence-corrected chi connectivity index (χ4v) is 4.11. The molecule has 27 heavy (non-hydrogen) atoms. The van der Waals surface area contributed by atoms with Crippen LogP contribution >= 0.6 is 0 Å². The number of carbonyl (C=O) groups is 2. The molecule has 0 atom stereocenters. The third-order valence-electron chi connectivity index (χ3n) is 5.91. The lowest BCUT2D eigenvalue weighted by molar-refractivity contribution is -0.136. The molecule has 2 heterocycles. The Morgan fingerprint density at radius 3 is 2.15 bits per heavy atom. The second-order valence-corrected chi connectivity index (χ2v) is 7.70. The van der Waals surface area contributed by atoms with E-state index in [0.29, 0.717) is 31.7 Å². The van der Waals surface area contributed by atoms with Gasteiger partial charge in [-0.15, -0.1) is 0 Å². The predicted octanol–water partition coefficient (Wildman–Crippen LogP) is 2.72. The maximum absolute atomic E-state index is 12.9.